The highest BCUT2D eigenvalue weighted by Crippen LogP contribution is 2.31. The van der Waals surface area contributed by atoms with Gasteiger partial charge in [0.25, 0.3) is 0 Å². The third kappa shape index (κ3) is 2.29. The number of aromatic amines is 2. The van der Waals surface area contributed by atoms with Crippen LogP contribution >= 0.6 is 0 Å². The summed E-state index contributed by atoms with van der Waals surface area (Å²) in [5.74, 6) is 1.71. The van der Waals surface area contributed by atoms with E-state index in [4.69, 9.17) is 14.7 Å². The number of morpholine rings is 1. The van der Waals surface area contributed by atoms with E-state index in [1.807, 2.05) is 24.5 Å². The highest BCUT2D eigenvalue weighted by molar-refractivity contribution is 5.95. The van der Waals surface area contributed by atoms with Gasteiger partial charge in [-0.25, -0.2) is 9.97 Å². The Balaban J connectivity index is 1.73. The van der Waals surface area contributed by atoms with Gasteiger partial charge >= 0.3 is 0 Å². The van der Waals surface area contributed by atoms with Gasteiger partial charge in [0.1, 0.15) is 5.52 Å². The molecule has 0 aliphatic carbocycles. The number of fused-ring (bicyclic) bond motifs is 2. The molecule has 6 heteroatoms. The SMILES string of the molecule is C[C@@H]1COCCN1c1nc(-c2cccc3[nH]ccc23)nc2cc[nH]c12. The van der Waals surface area contributed by atoms with Crippen molar-refractivity contribution < 1.29 is 4.74 Å². The third-order valence-electron chi connectivity index (χ3n) is 4.86. The number of benzene rings is 1. The van der Waals surface area contributed by atoms with E-state index in [1.165, 1.54) is 0 Å². The van der Waals surface area contributed by atoms with Gasteiger partial charge in [0.05, 0.1) is 24.8 Å². The fraction of sp³-hybridized carbons (Fsp3) is 0.263. The van der Waals surface area contributed by atoms with Crippen molar-refractivity contribution >= 4 is 27.8 Å². The van der Waals surface area contributed by atoms with Crippen LogP contribution in [0.1, 0.15) is 6.92 Å². The zero-order chi connectivity index (χ0) is 16.8. The van der Waals surface area contributed by atoms with Crippen molar-refractivity contribution in [3.63, 3.8) is 0 Å². The fourth-order valence-corrected chi connectivity index (χ4v) is 3.58. The first-order valence-electron chi connectivity index (χ1n) is 8.57. The monoisotopic (exact) mass is 333 g/mol. The summed E-state index contributed by atoms with van der Waals surface area (Å²) in [6.45, 7) is 4.44. The average molecular weight is 333 g/mol. The van der Waals surface area contributed by atoms with Crippen LogP contribution in [0, 0.1) is 0 Å². The fourth-order valence-electron chi connectivity index (χ4n) is 3.58. The second-order valence-corrected chi connectivity index (χ2v) is 6.47. The van der Waals surface area contributed by atoms with E-state index < -0.39 is 0 Å². The van der Waals surface area contributed by atoms with Crippen LogP contribution in [0.4, 0.5) is 5.82 Å². The van der Waals surface area contributed by atoms with E-state index >= 15 is 0 Å². The Bertz CT molecular complexity index is 1050. The molecule has 0 saturated carbocycles. The number of nitrogens with one attached hydrogen (secondary N) is 2. The van der Waals surface area contributed by atoms with Gasteiger partial charge in [-0.1, -0.05) is 12.1 Å². The second-order valence-electron chi connectivity index (χ2n) is 6.47. The Kier molecular flexibility index (Phi) is 3.24. The van der Waals surface area contributed by atoms with Gasteiger partial charge in [-0.3, -0.25) is 0 Å². The number of anilines is 1. The van der Waals surface area contributed by atoms with Crippen LogP contribution in [0.25, 0.3) is 33.3 Å². The first-order chi connectivity index (χ1) is 12.3. The van der Waals surface area contributed by atoms with Gasteiger partial charge < -0.3 is 19.6 Å². The molecule has 4 aromatic rings. The zero-order valence-electron chi connectivity index (χ0n) is 14.0. The molecule has 1 fully saturated rings. The lowest BCUT2D eigenvalue weighted by molar-refractivity contribution is 0.0987. The zero-order valence-corrected chi connectivity index (χ0v) is 14.0. The molecule has 25 heavy (non-hydrogen) atoms. The summed E-state index contributed by atoms with van der Waals surface area (Å²) >= 11 is 0. The van der Waals surface area contributed by atoms with E-state index in [9.17, 15) is 0 Å². The minimum atomic E-state index is 0.283. The molecule has 1 saturated heterocycles. The largest absolute Gasteiger partial charge is 0.377 e. The van der Waals surface area contributed by atoms with Crippen LogP contribution in [0.5, 0.6) is 0 Å². The topological polar surface area (TPSA) is 69.8 Å². The van der Waals surface area contributed by atoms with Crippen LogP contribution in [-0.2, 0) is 4.74 Å². The predicted molar refractivity (Wildman–Crippen MR) is 98.8 cm³/mol. The van der Waals surface area contributed by atoms with Crippen molar-refractivity contribution in [1.82, 2.24) is 19.9 Å². The molecule has 0 unspecified atom stereocenters. The normalized spacial score (nSPS) is 18.3. The molecule has 1 aliphatic rings. The quantitative estimate of drug-likeness (QED) is 0.590. The third-order valence-corrected chi connectivity index (χ3v) is 4.86. The Morgan fingerprint density at radius 2 is 2.04 bits per heavy atom. The standard InChI is InChI=1S/C19H19N5O/c1-12-11-25-10-9-24(12)19-17-16(6-8-21-17)22-18(23-19)14-3-2-4-15-13(14)5-7-20-15/h2-8,12,20-21H,9-11H2,1H3/t12-/m1/s1. The van der Waals surface area contributed by atoms with E-state index in [-0.39, 0.29) is 6.04 Å². The van der Waals surface area contributed by atoms with Gasteiger partial charge in [0, 0.05) is 35.4 Å². The molecule has 1 atom stereocenters. The van der Waals surface area contributed by atoms with Crippen molar-refractivity contribution in [3.8, 4) is 11.4 Å². The Morgan fingerprint density at radius 1 is 1.12 bits per heavy atom. The van der Waals surface area contributed by atoms with Crippen molar-refractivity contribution in [1.29, 1.82) is 0 Å². The molecule has 126 valence electrons. The number of ether oxygens (including phenoxy) is 1. The van der Waals surface area contributed by atoms with E-state index in [0.29, 0.717) is 0 Å². The molecular formula is C19H19N5O. The maximum absolute atomic E-state index is 5.59. The summed E-state index contributed by atoms with van der Waals surface area (Å²) < 4.78 is 5.59. The molecular weight excluding hydrogens is 314 g/mol. The Hall–Kier alpha value is -2.86. The maximum atomic E-state index is 5.59. The maximum Gasteiger partial charge on any atom is 0.162 e. The Morgan fingerprint density at radius 3 is 2.96 bits per heavy atom. The van der Waals surface area contributed by atoms with Gasteiger partial charge in [-0.05, 0) is 25.1 Å². The average Bonchev–Trinajstić information content (AvgIpc) is 3.30. The minimum Gasteiger partial charge on any atom is -0.377 e. The molecule has 0 amide bonds. The summed E-state index contributed by atoms with van der Waals surface area (Å²) in [4.78, 5) is 18.6. The molecule has 0 bridgehead atoms. The summed E-state index contributed by atoms with van der Waals surface area (Å²) in [5.41, 5.74) is 4.06. The molecule has 1 aliphatic heterocycles. The molecule has 2 N–H and O–H groups in total. The number of H-pyrrole nitrogens is 2. The number of rotatable bonds is 2. The van der Waals surface area contributed by atoms with Gasteiger partial charge in [-0.15, -0.1) is 0 Å². The van der Waals surface area contributed by atoms with Crippen molar-refractivity contribution in [3.05, 3.63) is 42.7 Å². The van der Waals surface area contributed by atoms with Gasteiger partial charge in [0.15, 0.2) is 11.6 Å². The van der Waals surface area contributed by atoms with Crippen LogP contribution in [0.15, 0.2) is 42.7 Å². The second kappa shape index (κ2) is 5.60. The smallest absolute Gasteiger partial charge is 0.162 e. The molecule has 0 spiro atoms. The molecule has 5 rings (SSSR count). The van der Waals surface area contributed by atoms with E-state index in [2.05, 4.69) is 40.0 Å². The first kappa shape index (κ1) is 14.5. The number of aromatic nitrogens is 4. The summed E-state index contributed by atoms with van der Waals surface area (Å²) in [6, 6.07) is 10.6. The molecule has 6 nitrogen and oxygen atoms in total. The first-order valence-corrected chi connectivity index (χ1v) is 8.57. The van der Waals surface area contributed by atoms with Crippen LogP contribution in [0.3, 0.4) is 0 Å². The van der Waals surface area contributed by atoms with E-state index in [1.54, 1.807) is 0 Å². The number of nitrogens with zero attached hydrogens (tertiary/aromatic N) is 3. The van der Waals surface area contributed by atoms with Crippen LogP contribution < -0.4 is 4.90 Å². The van der Waals surface area contributed by atoms with Crippen LogP contribution in [0.2, 0.25) is 0 Å². The minimum absolute atomic E-state index is 0.283. The lowest BCUT2D eigenvalue weighted by Gasteiger charge is -2.34. The van der Waals surface area contributed by atoms with Gasteiger partial charge in [-0.2, -0.15) is 0 Å². The highest BCUT2D eigenvalue weighted by atomic mass is 16.5. The summed E-state index contributed by atoms with van der Waals surface area (Å²) in [7, 11) is 0. The van der Waals surface area contributed by atoms with Crippen LogP contribution in [-0.4, -0.2) is 45.7 Å². The lowest BCUT2D eigenvalue weighted by atomic mass is 10.1. The lowest BCUT2D eigenvalue weighted by Crippen LogP contribution is -2.44. The number of hydrogen-bond donors (Lipinski definition) is 2. The number of hydrogen-bond acceptors (Lipinski definition) is 4. The molecule has 0 radical (unpaired) electrons. The summed E-state index contributed by atoms with van der Waals surface area (Å²) in [6.07, 6.45) is 3.88. The molecule has 4 heterocycles. The van der Waals surface area contributed by atoms with E-state index in [0.717, 1.165) is 58.9 Å². The van der Waals surface area contributed by atoms with Crippen molar-refractivity contribution in [2.45, 2.75) is 13.0 Å². The highest BCUT2D eigenvalue weighted by Gasteiger charge is 2.24. The van der Waals surface area contributed by atoms with Gasteiger partial charge in [0.2, 0.25) is 0 Å². The summed E-state index contributed by atoms with van der Waals surface area (Å²) in [5, 5.41) is 1.14. The van der Waals surface area contributed by atoms with Crippen molar-refractivity contribution in [2.24, 2.45) is 0 Å². The molecule has 3 aromatic heterocycles. The Labute approximate surface area is 144 Å². The molecule has 1 aromatic carbocycles. The predicted octanol–water partition coefficient (Wildman–Crippen LogP) is 3.33. The van der Waals surface area contributed by atoms with Crippen molar-refractivity contribution in [2.75, 3.05) is 24.7 Å².